The maximum absolute atomic E-state index is 12.2. The fraction of sp³-hybridized carbons (Fsp3) is 0.500. The Labute approximate surface area is 142 Å². The van der Waals surface area contributed by atoms with Gasteiger partial charge in [0.1, 0.15) is 5.75 Å². The average Bonchev–Trinajstić information content (AvgIpc) is 2.55. The van der Waals surface area contributed by atoms with Gasteiger partial charge in [0.05, 0.1) is 13.0 Å². The zero-order valence-electron chi connectivity index (χ0n) is 13.4. The Morgan fingerprint density at radius 2 is 2.17 bits per heavy atom. The molecule has 0 bridgehead atoms. The van der Waals surface area contributed by atoms with Crippen molar-refractivity contribution in [3.63, 3.8) is 0 Å². The molecule has 1 atom stereocenters. The van der Waals surface area contributed by atoms with Crippen molar-refractivity contribution in [2.75, 3.05) is 32.1 Å². The maximum atomic E-state index is 12.2. The van der Waals surface area contributed by atoms with Crippen LogP contribution in [0.15, 0.2) is 18.2 Å². The summed E-state index contributed by atoms with van der Waals surface area (Å²) in [5.41, 5.74) is 1.65. The number of aryl methyl sites for hydroxylation is 1. The van der Waals surface area contributed by atoms with E-state index >= 15 is 0 Å². The number of methoxy groups -OCH3 is 1. The van der Waals surface area contributed by atoms with Crippen LogP contribution in [0.2, 0.25) is 0 Å². The molecule has 0 radical (unpaired) electrons. The average molecular weight is 343 g/mol. The molecule has 1 amide bonds. The molecule has 2 rings (SSSR count). The van der Waals surface area contributed by atoms with Crippen LogP contribution in [0.5, 0.6) is 5.75 Å². The van der Waals surface area contributed by atoms with E-state index < -0.39 is 5.97 Å². The molecule has 1 unspecified atom stereocenters. The minimum atomic E-state index is -0.431. The molecule has 7 heteroatoms. The van der Waals surface area contributed by atoms with Crippen LogP contribution < -0.4 is 15.4 Å². The highest BCUT2D eigenvalue weighted by Crippen LogP contribution is 2.22. The second kappa shape index (κ2) is 9.37. The van der Waals surface area contributed by atoms with Gasteiger partial charge in [0.25, 0.3) is 0 Å². The molecular weight excluding hydrogens is 320 g/mol. The highest BCUT2D eigenvalue weighted by Gasteiger charge is 2.21. The molecule has 1 aliphatic heterocycles. The van der Waals surface area contributed by atoms with Crippen molar-refractivity contribution in [1.29, 1.82) is 0 Å². The molecule has 1 saturated heterocycles. The number of halogens is 1. The van der Waals surface area contributed by atoms with Gasteiger partial charge in [-0.1, -0.05) is 0 Å². The summed E-state index contributed by atoms with van der Waals surface area (Å²) >= 11 is 0. The van der Waals surface area contributed by atoms with E-state index in [0.717, 1.165) is 37.2 Å². The standard InChI is InChI=1S/C16H22N2O4.ClH/c1-11-8-13(22-10-15(19)21-2)5-6-14(11)18-16(20)12-4-3-7-17-9-12;/h5-6,8,12,17H,3-4,7,9-10H2,1-2H3,(H,18,20);1H. The van der Waals surface area contributed by atoms with Crippen LogP contribution in [0.1, 0.15) is 18.4 Å². The molecule has 1 aromatic rings. The summed E-state index contributed by atoms with van der Waals surface area (Å²) in [5.74, 6) is 0.196. The number of hydrogen-bond donors (Lipinski definition) is 2. The lowest BCUT2D eigenvalue weighted by atomic mass is 9.98. The molecule has 128 valence electrons. The van der Waals surface area contributed by atoms with E-state index in [0.29, 0.717) is 5.75 Å². The van der Waals surface area contributed by atoms with Crippen LogP contribution >= 0.6 is 12.4 Å². The van der Waals surface area contributed by atoms with Crippen LogP contribution in [0.25, 0.3) is 0 Å². The van der Waals surface area contributed by atoms with Gasteiger partial charge >= 0.3 is 5.97 Å². The lowest BCUT2D eigenvalue weighted by molar-refractivity contribution is -0.142. The molecule has 1 aliphatic rings. The van der Waals surface area contributed by atoms with Crippen LogP contribution in [-0.2, 0) is 14.3 Å². The fourth-order valence-corrected chi connectivity index (χ4v) is 2.38. The number of carbonyl (C=O) groups excluding carboxylic acids is 2. The van der Waals surface area contributed by atoms with Crippen LogP contribution in [0.4, 0.5) is 5.69 Å². The maximum Gasteiger partial charge on any atom is 0.343 e. The van der Waals surface area contributed by atoms with Gasteiger partial charge in [0, 0.05) is 12.2 Å². The van der Waals surface area contributed by atoms with Gasteiger partial charge in [-0.15, -0.1) is 12.4 Å². The van der Waals surface area contributed by atoms with E-state index in [4.69, 9.17) is 4.74 Å². The van der Waals surface area contributed by atoms with E-state index in [1.54, 1.807) is 18.2 Å². The van der Waals surface area contributed by atoms with Gasteiger partial charge in [-0.25, -0.2) is 4.79 Å². The van der Waals surface area contributed by atoms with E-state index in [1.807, 2.05) is 6.92 Å². The third-order valence-corrected chi connectivity index (χ3v) is 3.71. The van der Waals surface area contributed by atoms with Crippen LogP contribution in [0, 0.1) is 12.8 Å². The molecule has 0 spiro atoms. The van der Waals surface area contributed by atoms with E-state index in [-0.39, 0.29) is 30.8 Å². The Balaban J connectivity index is 0.00000264. The lowest BCUT2D eigenvalue weighted by Gasteiger charge is -2.22. The fourth-order valence-electron chi connectivity index (χ4n) is 2.38. The topological polar surface area (TPSA) is 76.7 Å². The van der Waals surface area contributed by atoms with Gasteiger partial charge in [-0.05, 0) is 50.1 Å². The van der Waals surface area contributed by atoms with Gasteiger partial charge in [0.15, 0.2) is 6.61 Å². The van der Waals surface area contributed by atoms with E-state index in [9.17, 15) is 9.59 Å². The van der Waals surface area contributed by atoms with Gasteiger partial charge in [-0.3, -0.25) is 4.79 Å². The molecule has 0 saturated carbocycles. The number of hydrogen-bond acceptors (Lipinski definition) is 5. The van der Waals surface area contributed by atoms with Crippen LogP contribution in [-0.4, -0.2) is 38.7 Å². The highest BCUT2D eigenvalue weighted by molar-refractivity contribution is 5.93. The molecule has 0 aliphatic carbocycles. The quantitative estimate of drug-likeness (QED) is 0.799. The Kier molecular flexibility index (Phi) is 7.85. The van der Waals surface area contributed by atoms with E-state index in [1.165, 1.54) is 7.11 Å². The minimum absolute atomic E-state index is 0. The van der Waals surface area contributed by atoms with Crippen molar-refractivity contribution < 1.29 is 19.1 Å². The first-order chi connectivity index (χ1) is 10.6. The zero-order valence-corrected chi connectivity index (χ0v) is 14.2. The molecule has 1 fully saturated rings. The SMILES string of the molecule is COC(=O)COc1ccc(NC(=O)C2CCCNC2)c(C)c1.Cl. The summed E-state index contributed by atoms with van der Waals surface area (Å²) in [7, 11) is 1.32. The molecule has 0 aromatic heterocycles. The Morgan fingerprint density at radius 3 is 2.78 bits per heavy atom. The van der Waals surface area contributed by atoms with Crippen molar-refractivity contribution >= 4 is 30.0 Å². The summed E-state index contributed by atoms with van der Waals surface area (Å²) in [6.07, 6.45) is 1.94. The van der Waals surface area contributed by atoms with Crippen molar-refractivity contribution in [3.8, 4) is 5.75 Å². The monoisotopic (exact) mass is 342 g/mol. The predicted octanol–water partition coefficient (Wildman–Crippen LogP) is 1.91. The summed E-state index contributed by atoms with van der Waals surface area (Å²) in [5, 5.41) is 6.19. The number of anilines is 1. The smallest absolute Gasteiger partial charge is 0.343 e. The van der Waals surface area contributed by atoms with Gasteiger partial charge in [-0.2, -0.15) is 0 Å². The minimum Gasteiger partial charge on any atom is -0.482 e. The normalized spacial score (nSPS) is 16.9. The lowest BCUT2D eigenvalue weighted by Crippen LogP contribution is -2.37. The summed E-state index contributed by atoms with van der Waals surface area (Å²) in [6.45, 7) is 3.47. The number of esters is 1. The second-order valence-corrected chi connectivity index (χ2v) is 5.37. The summed E-state index contributed by atoms with van der Waals surface area (Å²) in [4.78, 5) is 23.3. The Hall–Kier alpha value is -1.79. The third kappa shape index (κ3) is 5.73. The number of rotatable bonds is 5. The molecule has 23 heavy (non-hydrogen) atoms. The number of nitrogens with one attached hydrogen (secondary N) is 2. The number of carbonyl (C=O) groups is 2. The number of piperidine rings is 1. The van der Waals surface area contributed by atoms with E-state index in [2.05, 4.69) is 15.4 Å². The molecular formula is C16H23ClN2O4. The number of amides is 1. The Bertz CT molecular complexity index is 545. The molecule has 2 N–H and O–H groups in total. The summed E-state index contributed by atoms with van der Waals surface area (Å²) < 4.78 is 9.84. The first-order valence-corrected chi connectivity index (χ1v) is 7.42. The largest absolute Gasteiger partial charge is 0.482 e. The Morgan fingerprint density at radius 1 is 1.39 bits per heavy atom. The van der Waals surface area contributed by atoms with Gasteiger partial charge in [0.2, 0.25) is 5.91 Å². The molecule has 1 heterocycles. The van der Waals surface area contributed by atoms with Crippen molar-refractivity contribution in [2.45, 2.75) is 19.8 Å². The molecule has 6 nitrogen and oxygen atoms in total. The highest BCUT2D eigenvalue weighted by atomic mass is 35.5. The first kappa shape index (κ1) is 19.3. The second-order valence-electron chi connectivity index (χ2n) is 5.37. The first-order valence-electron chi connectivity index (χ1n) is 7.42. The van der Waals surface area contributed by atoms with Crippen molar-refractivity contribution in [1.82, 2.24) is 5.32 Å². The number of ether oxygens (including phenoxy) is 2. The van der Waals surface area contributed by atoms with Crippen molar-refractivity contribution in [2.24, 2.45) is 5.92 Å². The number of benzene rings is 1. The van der Waals surface area contributed by atoms with Gasteiger partial charge < -0.3 is 20.1 Å². The zero-order chi connectivity index (χ0) is 15.9. The van der Waals surface area contributed by atoms with Crippen LogP contribution in [0.3, 0.4) is 0 Å². The van der Waals surface area contributed by atoms with Crippen molar-refractivity contribution in [3.05, 3.63) is 23.8 Å². The summed E-state index contributed by atoms with van der Waals surface area (Å²) in [6, 6.07) is 5.30. The molecule has 1 aromatic carbocycles. The predicted molar refractivity (Wildman–Crippen MR) is 90.2 cm³/mol. The third-order valence-electron chi connectivity index (χ3n) is 3.71.